The van der Waals surface area contributed by atoms with E-state index in [0.717, 1.165) is 47.2 Å². The second-order valence-electron chi connectivity index (χ2n) is 7.66. The van der Waals surface area contributed by atoms with Crippen molar-refractivity contribution in [3.05, 3.63) is 41.0 Å². The summed E-state index contributed by atoms with van der Waals surface area (Å²) in [5.41, 5.74) is 4.98. The number of hydrogen-bond acceptors (Lipinski definition) is 6. The Kier molecular flexibility index (Phi) is 4.31. The van der Waals surface area contributed by atoms with Crippen LogP contribution in [-0.2, 0) is 27.2 Å². The van der Waals surface area contributed by atoms with Crippen LogP contribution in [0, 0.1) is 11.3 Å². The van der Waals surface area contributed by atoms with Crippen molar-refractivity contribution in [1.82, 2.24) is 14.7 Å². The normalized spacial score (nSPS) is 18.3. The molecule has 8 nitrogen and oxygen atoms in total. The highest BCUT2D eigenvalue weighted by molar-refractivity contribution is 5.92. The number of hydrogen-bond donors (Lipinski definition) is 1. The van der Waals surface area contributed by atoms with Crippen LogP contribution in [0.3, 0.4) is 0 Å². The predicted octanol–water partition coefficient (Wildman–Crippen LogP) is 1.72. The summed E-state index contributed by atoms with van der Waals surface area (Å²) >= 11 is 0. The molecule has 2 aromatic heterocycles. The standard InChI is InChI=1S/C22H21N5O3/c1-30-19(28)11-18-21(29)24-9-10-26(18)22-14-6-4-5-13(14)15(12-23)20-25-16-7-2-3-8-17(16)27(20)22/h2-3,7-8,18H,4-6,9-11H2,1H3,(H,24,29)/t18-/m1/s1. The van der Waals surface area contributed by atoms with E-state index in [4.69, 9.17) is 9.72 Å². The van der Waals surface area contributed by atoms with E-state index in [1.165, 1.54) is 7.11 Å². The van der Waals surface area contributed by atoms with Gasteiger partial charge >= 0.3 is 5.97 Å². The summed E-state index contributed by atoms with van der Waals surface area (Å²) in [6.07, 6.45) is 2.55. The van der Waals surface area contributed by atoms with Crippen LogP contribution in [0.1, 0.15) is 29.5 Å². The Morgan fingerprint density at radius 1 is 1.33 bits per heavy atom. The number of esters is 1. The molecule has 3 heterocycles. The van der Waals surface area contributed by atoms with E-state index in [9.17, 15) is 14.9 Å². The maximum Gasteiger partial charge on any atom is 0.308 e. The number of rotatable bonds is 3. The van der Waals surface area contributed by atoms with E-state index < -0.39 is 12.0 Å². The van der Waals surface area contributed by atoms with Crippen LogP contribution < -0.4 is 10.2 Å². The van der Waals surface area contributed by atoms with Crippen LogP contribution in [0.4, 0.5) is 5.82 Å². The Bertz CT molecular complexity index is 1240. The molecule has 0 spiro atoms. The van der Waals surface area contributed by atoms with Crippen LogP contribution in [0.15, 0.2) is 24.3 Å². The van der Waals surface area contributed by atoms with Gasteiger partial charge in [0.25, 0.3) is 0 Å². The molecule has 1 saturated heterocycles. The Hall–Kier alpha value is -3.60. The van der Waals surface area contributed by atoms with Gasteiger partial charge in [-0.2, -0.15) is 5.26 Å². The highest BCUT2D eigenvalue weighted by atomic mass is 16.5. The molecule has 2 aliphatic rings. The number of nitrogens with one attached hydrogen (secondary N) is 1. The van der Waals surface area contributed by atoms with Crippen molar-refractivity contribution in [2.45, 2.75) is 31.7 Å². The van der Waals surface area contributed by atoms with E-state index in [1.54, 1.807) is 0 Å². The van der Waals surface area contributed by atoms with Crippen molar-refractivity contribution in [3.8, 4) is 6.07 Å². The molecule has 0 radical (unpaired) electrons. The molecule has 1 fully saturated rings. The molecule has 0 unspecified atom stereocenters. The Labute approximate surface area is 173 Å². The van der Waals surface area contributed by atoms with Crippen molar-refractivity contribution in [1.29, 1.82) is 5.26 Å². The number of ether oxygens (including phenoxy) is 1. The fourth-order valence-electron chi connectivity index (χ4n) is 4.78. The number of imidazole rings is 1. The number of pyridine rings is 1. The number of methoxy groups -OCH3 is 1. The van der Waals surface area contributed by atoms with Crippen molar-refractivity contribution < 1.29 is 14.3 Å². The van der Waals surface area contributed by atoms with E-state index >= 15 is 0 Å². The summed E-state index contributed by atoms with van der Waals surface area (Å²) in [5, 5.41) is 12.8. The third-order valence-corrected chi connectivity index (χ3v) is 6.09. The molecular formula is C22H21N5O3. The van der Waals surface area contributed by atoms with Crippen molar-refractivity contribution >= 4 is 34.4 Å². The zero-order valence-electron chi connectivity index (χ0n) is 16.6. The molecular weight excluding hydrogens is 382 g/mol. The molecule has 1 N–H and O–H groups in total. The lowest BCUT2D eigenvalue weighted by Gasteiger charge is -2.37. The molecule has 8 heteroatoms. The number of anilines is 1. The number of carbonyl (C=O) groups excluding carboxylic acids is 2. The van der Waals surface area contributed by atoms with Crippen LogP contribution in [0.2, 0.25) is 0 Å². The monoisotopic (exact) mass is 403 g/mol. The van der Waals surface area contributed by atoms with Gasteiger partial charge in [-0.25, -0.2) is 4.98 Å². The summed E-state index contributed by atoms with van der Waals surface area (Å²) in [7, 11) is 1.33. The summed E-state index contributed by atoms with van der Waals surface area (Å²) in [6.45, 7) is 1.05. The smallest absolute Gasteiger partial charge is 0.308 e. The molecule has 1 aromatic carbocycles. The Balaban J connectivity index is 1.83. The minimum atomic E-state index is -0.673. The molecule has 0 saturated carbocycles. The Morgan fingerprint density at radius 2 is 2.13 bits per heavy atom. The third-order valence-electron chi connectivity index (χ3n) is 6.09. The van der Waals surface area contributed by atoms with E-state index in [-0.39, 0.29) is 12.3 Å². The second-order valence-corrected chi connectivity index (χ2v) is 7.66. The molecule has 30 heavy (non-hydrogen) atoms. The van der Waals surface area contributed by atoms with Gasteiger partial charge in [-0.15, -0.1) is 0 Å². The molecule has 3 aromatic rings. The zero-order valence-corrected chi connectivity index (χ0v) is 16.6. The topological polar surface area (TPSA) is 99.7 Å². The number of aromatic nitrogens is 2. The lowest BCUT2D eigenvalue weighted by Crippen LogP contribution is -2.57. The van der Waals surface area contributed by atoms with E-state index in [0.29, 0.717) is 24.3 Å². The maximum atomic E-state index is 12.8. The number of piperazine rings is 1. The number of para-hydroxylation sites is 2. The number of amides is 1. The number of nitriles is 1. The maximum absolute atomic E-state index is 12.8. The SMILES string of the molecule is COC(=O)C[C@@H]1C(=O)NCCN1c1c2c(c(C#N)c3nc4ccccc4n13)CCC2. The average molecular weight is 403 g/mol. The fraction of sp³-hybridized carbons (Fsp3) is 0.364. The molecule has 1 aliphatic heterocycles. The fourth-order valence-corrected chi connectivity index (χ4v) is 4.78. The Morgan fingerprint density at radius 3 is 2.93 bits per heavy atom. The molecule has 5 rings (SSSR count). The first-order chi connectivity index (χ1) is 14.6. The quantitative estimate of drug-likeness (QED) is 0.669. The van der Waals surface area contributed by atoms with Gasteiger partial charge in [-0.3, -0.25) is 14.0 Å². The van der Waals surface area contributed by atoms with Gasteiger partial charge in [0.1, 0.15) is 17.9 Å². The van der Waals surface area contributed by atoms with Crippen molar-refractivity contribution in [2.75, 3.05) is 25.1 Å². The molecule has 1 amide bonds. The first kappa shape index (κ1) is 18.4. The second kappa shape index (κ2) is 7.02. The van der Waals surface area contributed by atoms with E-state index in [1.807, 2.05) is 33.6 Å². The van der Waals surface area contributed by atoms with Crippen LogP contribution >= 0.6 is 0 Å². The van der Waals surface area contributed by atoms with Crippen LogP contribution in [-0.4, -0.2) is 47.5 Å². The molecule has 0 bridgehead atoms. The number of benzene rings is 1. The van der Waals surface area contributed by atoms with Gasteiger partial charge in [0, 0.05) is 13.1 Å². The zero-order chi connectivity index (χ0) is 20.8. The summed E-state index contributed by atoms with van der Waals surface area (Å²) in [4.78, 5) is 31.6. The van der Waals surface area contributed by atoms with Gasteiger partial charge in [0.15, 0.2) is 5.65 Å². The highest BCUT2D eigenvalue weighted by Crippen LogP contribution is 2.39. The number of carbonyl (C=O) groups is 2. The lowest BCUT2D eigenvalue weighted by molar-refractivity contribution is -0.143. The largest absolute Gasteiger partial charge is 0.469 e. The molecule has 1 aliphatic carbocycles. The summed E-state index contributed by atoms with van der Waals surface area (Å²) in [5.74, 6) is 0.244. The van der Waals surface area contributed by atoms with Crippen molar-refractivity contribution in [2.24, 2.45) is 0 Å². The van der Waals surface area contributed by atoms with Crippen molar-refractivity contribution in [3.63, 3.8) is 0 Å². The third kappa shape index (κ3) is 2.62. The average Bonchev–Trinajstić information content (AvgIpc) is 3.38. The van der Waals surface area contributed by atoms with Gasteiger partial charge in [0.2, 0.25) is 5.91 Å². The lowest BCUT2D eigenvalue weighted by atomic mass is 10.0. The highest BCUT2D eigenvalue weighted by Gasteiger charge is 2.37. The molecule has 1 atom stereocenters. The van der Waals surface area contributed by atoms with Gasteiger partial charge in [-0.1, -0.05) is 12.1 Å². The van der Waals surface area contributed by atoms with Gasteiger partial charge < -0.3 is 15.0 Å². The van der Waals surface area contributed by atoms with Gasteiger partial charge in [-0.05, 0) is 42.5 Å². The number of fused-ring (bicyclic) bond motifs is 4. The van der Waals surface area contributed by atoms with Gasteiger partial charge in [0.05, 0.1) is 30.1 Å². The predicted molar refractivity (Wildman–Crippen MR) is 110 cm³/mol. The molecule has 152 valence electrons. The summed E-state index contributed by atoms with van der Waals surface area (Å²) < 4.78 is 6.85. The minimum absolute atomic E-state index is 0.0365. The summed E-state index contributed by atoms with van der Waals surface area (Å²) in [6, 6.07) is 9.45. The first-order valence-electron chi connectivity index (χ1n) is 10.1. The van der Waals surface area contributed by atoms with E-state index in [2.05, 4.69) is 11.4 Å². The van der Waals surface area contributed by atoms with Crippen LogP contribution in [0.5, 0.6) is 0 Å². The number of nitrogens with zero attached hydrogens (tertiary/aromatic N) is 4. The minimum Gasteiger partial charge on any atom is -0.469 e. The first-order valence-corrected chi connectivity index (χ1v) is 10.1. The van der Waals surface area contributed by atoms with Crippen LogP contribution in [0.25, 0.3) is 16.7 Å².